The van der Waals surface area contributed by atoms with Gasteiger partial charge in [0.1, 0.15) is 37.7 Å². The Morgan fingerprint density at radius 2 is 1.06 bits per heavy atom. The summed E-state index contributed by atoms with van der Waals surface area (Å²) in [5.74, 6) is -0.927. The highest BCUT2D eigenvalue weighted by Crippen LogP contribution is 2.41. The molecule has 3 amide bonds. The monoisotopic (exact) mass is 1240 g/mol. The van der Waals surface area contributed by atoms with Crippen molar-refractivity contribution in [2.75, 3.05) is 96.1 Å². The molecule has 3 saturated heterocycles. The molecule has 9 aromatic heterocycles. The predicted octanol–water partition coefficient (Wildman–Crippen LogP) is 11.9. The van der Waals surface area contributed by atoms with Crippen LogP contribution in [0.3, 0.4) is 0 Å². The van der Waals surface area contributed by atoms with Crippen LogP contribution in [0.25, 0.3) is 62.2 Å². The number of furan rings is 1. The van der Waals surface area contributed by atoms with E-state index in [2.05, 4.69) is 109 Å². The number of nitrogens with one attached hydrogen (secondary N) is 6. The number of rotatable bonds is 14. The number of aromatic nitrogens is 6. The molecular formula is C63H53N15O4S5. The number of nitrogens with zero attached hydrogens (tertiary/aromatic N) is 9. The topological polar surface area (TPSA) is 224 Å². The van der Waals surface area contributed by atoms with Gasteiger partial charge in [-0.2, -0.15) is 0 Å². The Labute approximate surface area is 518 Å². The van der Waals surface area contributed by atoms with E-state index in [1.807, 2.05) is 47.8 Å². The molecule has 3 aliphatic heterocycles. The van der Waals surface area contributed by atoms with Gasteiger partial charge >= 0.3 is 0 Å². The third-order valence-corrected chi connectivity index (χ3v) is 20.8. The normalized spacial score (nSPS) is 16.4. The standard InChI is InChI=1S/C63H53N15O4S5/c79-58(70-43-28-65-10-5-51(43)76-17-13-64-14-18-76)48-33-84-61(73-48)39-23-37-8-21-82-56(37)41(25-39)46-31-77(19-15-68-46)52-6-11-66-29-44(52)71-59(80)49-34-85-62(74-49)40-24-38-9-22-83-57(38)42(26-40)47-32-78(20-16-69-47)53-7-12-67-30-45(53)72-60(81)50-35-86-63(75-50)55-27-36-3-1-2-4-54(36)87-55/h1-12,21-30,33-35,46-47,64,68-69H,13-20,31-32H2,(H,70,79)(H,71,80)(H,72,81). The zero-order chi connectivity index (χ0) is 58.4. The summed E-state index contributed by atoms with van der Waals surface area (Å²) in [4.78, 5) is 77.3. The first-order chi connectivity index (χ1) is 42.8. The Hall–Kier alpha value is -8.85. The van der Waals surface area contributed by atoms with E-state index in [-0.39, 0.29) is 29.8 Å². The largest absolute Gasteiger partial charge is 0.464 e. The molecule has 434 valence electrons. The molecule has 3 aromatic carbocycles. The summed E-state index contributed by atoms with van der Waals surface area (Å²) in [7, 11) is 0. The van der Waals surface area contributed by atoms with Crippen molar-refractivity contribution < 1.29 is 18.8 Å². The number of pyridine rings is 3. The SMILES string of the molecule is O=C(Nc1cnccc1N1CCNCC1)c1csc(-c2cc(C3CN(c4ccncc4NC(=O)c4csc(-c5cc(C6CN(c7ccncc7NC(=O)c7csc(-c8cc9ccccc9s8)n7)CCN6)c6sccc6c5)n4)CCN3)c3occc3c2)n1. The minimum absolute atomic E-state index is 0.0641. The summed E-state index contributed by atoms with van der Waals surface area (Å²) in [6, 6.07) is 28.5. The van der Waals surface area contributed by atoms with Gasteiger partial charge in [0.15, 0.2) is 0 Å². The average Bonchev–Trinajstić information content (AvgIpc) is 4.42. The second-order valence-corrected chi connectivity index (χ2v) is 25.8. The summed E-state index contributed by atoms with van der Waals surface area (Å²) >= 11 is 7.67. The number of carbonyl (C=O) groups is 3. The number of thiazole rings is 3. The molecule has 6 N–H and O–H groups in total. The van der Waals surface area contributed by atoms with Gasteiger partial charge in [0.25, 0.3) is 17.7 Å². The van der Waals surface area contributed by atoms with Crippen LogP contribution in [0.4, 0.5) is 34.1 Å². The molecule has 0 aliphatic carbocycles. The van der Waals surface area contributed by atoms with E-state index < -0.39 is 0 Å². The molecule has 19 nitrogen and oxygen atoms in total. The van der Waals surface area contributed by atoms with Gasteiger partial charge in [-0.3, -0.25) is 29.3 Å². The lowest BCUT2D eigenvalue weighted by atomic mass is 9.99. The van der Waals surface area contributed by atoms with Crippen LogP contribution in [0.2, 0.25) is 0 Å². The number of anilines is 6. The van der Waals surface area contributed by atoms with Crippen LogP contribution in [-0.2, 0) is 0 Å². The number of piperazine rings is 3. The van der Waals surface area contributed by atoms with Gasteiger partial charge < -0.3 is 51.0 Å². The van der Waals surface area contributed by atoms with Gasteiger partial charge in [-0.05, 0) is 88.4 Å². The number of carbonyl (C=O) groups excluding carboxylic acids is 3. The molecule has 12 heterocycles. The van der Waals surface area contributed by atoms with E-state index in [9.17, 15) is 14.4 Å². The van der Waals surface area contributed by atoms with Gasteiger partial charge in [-0.1, -0.05) is 18.2 Å². The zero-order valence-corrected chi connectivity index (χ0v) is 50.4. The maximum Gasteiger partial charge on any atom is 0.275 e. The minimum atomic E-state index is -0.339. The molecular weight excluding hydrogens is 1190 g/mol. The van der Waals surface area contributed by atoms with Gasteiger partial charge in [0.05, 0.1) is 75.9 Å². The molecule has 3 aliphatic rings. The van der Waals surface area contributed by atoms with E-state index in [0.29, 0.717) is 71.9 Å². The second-order valence-electron chi connectivity index (χ2n) is 21.3. The van der Waals surface area contributed by atoms with Crippen LogP contribution in [0.1, 0.15) is 54.7 Å². The van der Waals surface area contributed by atoms with E-state index in [1.165, 1.54) is 43.4 Å². The lowest BCUT2D eigenvalue weighted by molar-refractivity contribution is 0.101. The Morgan fingerprint density at radius 3 is 1.67 bits per heavy atom. The molecule has 0 bridgehead atoms. The number of amides is 3. The second kappa shape index (κ2) is 23.8. The Bertz CT molecular complexity index is 4530. The molecule has 0 saturated carbocycles. The summed E-state index contributed by atoms with van der Waals surface area (Å²) in [6.45, 7) is 7.36. The lowest BCUT2D eigenvalue weighted by Gasteiger charge is -2.36. The summed E-state index contributed by atoms with van der Waals surface area (Å²) < 4.78 is 8.49. The third-order valence-electron chi connectivity index (χ3n) is 15.9. The highest BCUT2D eigenvalue weighted by atomic mass is 32.1. The van der Waals surface area contributed by atoms with Crippen LogP contribution in [0.15, 0.2) is 154 Å². The number of fused-ring (bicyclic) bond motifs is 3. The van der Waals surface area contributed by atoms with Crippen molar-refractivity contribution in [3.8, 4) is 31.0 Å². The van der Waals surface area contributed by atoms with Crippen LogP contribution >= 0.6 is 56.7 Å². The number of benzene rings is 3. The van der Waals surface area contributed by atoms with Crippen molar-refractivity contribution in [3.05, 3.63) is 178 Å². The van der Waals surface area contributed by atoms with Crippen LogP contribution in [0.5, 0.6) is 0 Å². The molecule has 12 aromatic rings. The Morgan fingerprint density at radius 1 is 0.529 bits per heavy atom. The van der Waals surface area contributed by atoms with Gasteiger partial charge in [0.2, 0.25) is 0 Å². The Kier molecular flexibility index (Phi) is 15.0. The summed E-state index contributed by atoms with van der Waals surface area (Å²) in [5.41, 5.74) is 10.1. The molecule has 87 heavy (non-hydrogen) atoms. The molecule has 0 spiro atoms. The first-order valence-corrected chi connectivity index (χ1v) is 32.7. The molecule has 24 heteroatoms. The molecule has 2 atom stereocenters. The van der Waals surface area contributed by atoms with Crippen molar-refractivity contribution in [1.29, 1.82) is 0 Å². The fraction of sp³-hybridized carbons (Fsp3) is 0.190. The van der Waals surface area contributed by atoms with Gasteiger partial charge in [-0.25, -0.2) is 15.0 Å². The number of thiophene rings is 2. The van der Waals surface area contributed by atoms with Crippen molar-refractivity contribution in [2.24, 2.45) is 0 Å². The summed E-state index contributed by atoms with van der Waals surface area (Å²) in [6.07, 6.45) is 12.0. The average molecular weight is 1240 g/mol. The number of hydrogen-bond donors (Lipinski definition) is 6. The third kappa shape index (κ3) is 11.1. The van der Waals surface area contributed by atoms with Crippen LogP contribution in [-0.4, -0.2) is 113 Å². The first kappa shape index (κ1) is 54.8. The molecule has 15 rings (SSSR count). The maximum atomic E-state index is 14.3. The van der Waals surface area contributed by atoms with Crippen LogP contribution < -0.4 is 46.6 Å². The fourth-order valence-electron chi connectivity index (χ4n) is 11.7. The van der Waals surface area contributed by atoms with Gasteiger partial charge in [-0.15, -0.1) is 56.7 Å². The highest BCUT2D eigenvalue weighted by molar-refractivity contribution is 7.25. The van der Waals surface area contributed by atoms with E-state index in [1.54, 1.807) is 76.9 Å². The minimum Gasteiger partial charge on any atom is -0.464 e. The van der Waals surface area contributed by atoms with Crippen LogP contribution in [0, 0.1) is 0 Å². The van der Waals surface area contributed by atoms with Gasteiger partial charge in [0, 0.05) is 132 Å². The fourth-order valence-corrected chi connectivity index (χ4v) is 16.1. The van der Waals surface area contributed by atoms with E-state index >= 15 is 0 Å². The van der Waals surface area contributed by atoms with E-state index in [4.69, 9.17) is 19.4 Å². The smallest absolute Gasteiger partial charge is 0.275 e. The first-order valence-electron chi connectivity index (χ1n) is 28.4. The quantitative estimate of drug-likeness (QED) is 0.0596. The molecule has 3 fully saturated rings. The van der Waals surface area contributed by atoms with Crippen molar-refractivity contribution >= 4 is 140 Å². The number of hydrogen-bond acceptors (Lipinski definition) is 21. The van der Waals surface area contributed by atoms with E-state index in [0.717, 1.165) is 109 Å². The summed E-state index contributed by atoms with van der Waals surface area (Å²) in [5, 5.41) is 33.2. The van der Waals surface area contributed by atoms with Crippen molar-refractivity contribution in [1.82, 2.24) is 45.9 Å². The van der Waals surface area contributed by atoms with Crippen molar-refractivity contribution in [3.63, 3.8) is 0 Å². The lowest BCUT2D eigenvalue weighted by Crippen LogP contribution is -2.46. The predicted molar refractivity (Wildman–Crippen MR) is 351 cm³/mol. The molecule has 2 unspecified atom stereocenters. The zero-order valence-electron chi connectivity index (χ0n) is 46.4. The maximum absolute atomic E-state index is 14.3. The molecule has 0 radical (unpaired) electrons. The highest BCUT2D eigenvalue weighted by Gasteiger charge is 2.30. The Balaban J connectivity index is 0.624. The van der Waals surface area contributed by atoms with Crippen molar-refractivity contribution in [2.45, 2.75) is 12.1 Å².